The van der Waals surface area contributed by atoms with Crippen molar-refractivity contribution in [2.75, 3.05) is 26.7 Å². The molecule has 0 bridgehead atoms. The van der Waals surface area contributed by atoms with Crippen LogP contribution in [-0.4, -0.2) is 49.4 Å². The predicted octanol–water partition coefficient (Wildman–Crippen LogP) is 1.79. The van der Waals surface area contributed by atoms with Gasteiger partial charge in [-0.2, -0.15) is 0 Å². The van der Waals surface area contributed by atoms with Crippen LogP contribution in [0.4, 0.5) is 0 Å². The summed E-state index contributed by atoms with van der Waals surface area (Å²) in [6.45, 7) is 4.37. The van der Waals surface area contributed by atoms with Crippen molar-refractivity contribution in [1.82, 2.24) is 10.2 Å². The zero-order chi connectivity index (χ0) is 16.4. The lowest BCUT2D eigenvalue weighted by Gasteiger charge is -2.34. The Kier molecular flexibility index (Phi) is 4.66. The number of aryl methyl sites for hydroxylation is 1. The molecule has 2 fully saturated rings. The fraction of sp³-hybridized carbons (Fsp3) is 0.556. The van der Waals surface area contributed by atoms with E-state index in [1.165, 1.54) is 0 Å². The molecule has 23 heavy (non-hydrogen) atoms. The number of ether oxygens (including phenoxy) is 1. The summed E-state index contributed by atoms with van der Waals surface area (Å²) in [5.74, 6) is 1.22. The number of hydrogen-bond donors (Lipinski definition) is 1. The molecule has 5 nitrogen and oxygen atoms in total. The van der Waals surface area contributed by atoms with Crippen molar-refractivity contribution in [2.45, 2.75) is 32.2 Å². The molecule has 2 aliphatic rings. The maximum absolute atomic E-state index is 12.7. The van der Waals surface area contributed by atoms with Crippen molar-refractivity contribution in [3.8, 4) is 5.75 Å². The molecule has 0 aromatic heterocycles. The Bertz CT molecular complexity index is 606. The lowest BCUT2D eigenvalue weighted by molar-refractivity contribution is -0.124. The first kappa shape index (κ1) is 16.0. The van der Waals surface area contributed by atoms with Crippen LogP contribution in [0.15, 0.2) is 18.2 Å². The lowest BCUT2D eigenvalue weighted by Crippen LogP contribution is -2.46. The third-order valence-corrected chi connectivity index (χ3v) is 5.04. The minimum absolute atomic E-state index is 0.00860. The van der Waals surface area contributed by atoms with Crippen LogP contribution in [0, 0.1) is 12.8 Å². The quantitative estimate of drug-likeness (QED) is 0.861. The molecule has 2 heterocycles. The van der Waals surface area contributed by atoms with Crippen LogP contribution in [0.2, 0.25) is 0 Å². The van der Waals surface area contributed by atoms with Crippen LogP contribution in [-0.2, 0) is 4.79 Å². The number of amides is 1. The third kappa shape index (κ3) is 3.24. The molecule has 1 aromatic rings. The Morgan fingerprint density at radius 2 is 2.00 bits per heavy atom. The molecule has 0 saturated carbocycles. The van der Waals surface area contributed by atoms with E-state index in [0.717, 1.165) is 55.8 Å². The van der Waals surface area contributed by atoms with Gasteiger partial charge >= 0.3 is 0 Å². The largest absolute Gasteiger partial charge is 0.496 e. The smallest absolute Gasteiger partial charge is 0.237 e. The Labute approximate surface area is 137 Å². The van der Waals surface area contributed by atoms with Crippen molar-refractivity contribution in [3.05, 3.63) is 29.3 Å². The van der Waals surface area contributed by atoms with Crippen molar-refractivity contribution in [2.24, 2.45) is 5.92 Å². The second-order valence-corrected chi connectivity index (χ2v) is 6.45. The van der Waals surface area contributed by atoms with E-state index in [1.54, 1.807) is 7.11 Å². The Morgan fingerprint density at radius 1 is 1.26 bits per heavy atom. The van der Waals surface area contributed by atoms with Crippen LogP contribution < -0.4 is 10.1 Å². The number of ketones is 1. The molecule has 1 N–H and O–H groups in total. The molecule has 1 aromatic carbocycles. The van der Waals surface area contributed by atoms with E-state index in [0.29, 0.717) is 0 Å². The van der Waals surface area contributed by atoms with E-state index in [9.17, 15) is 9.59 Å². The summed E-state index contributed by atoms with van der Waals surface area (Å²) in [6.07, 6.45) is 2.54. The molecule has 3 rings (SSSR count). The molecule has 1 amide bonds. The molecular weight excluding hydrogens is 292 g/mol. The van der Waals surface area contributed by atoms with Gasteiger partial charge in [0.25, 0.3) is 0 Å². The summed E-state index contributed by atoms with van der Waals surface area (Å²) in [4.78, 5) is 26.7. The number of likely N-dealkylation sites (tertiary alicyclic amines) is 1. The first-order valence-corrected chi connectivity index (χ1v) is 8.30. The predicted molar refractivity (Wildman–Crippen MR) is 87.8 cm³/mol. The molecule has 5 heteroatoms. The number of carbonyl (C=O) groups excluding carboxylic acids is 2. The van der Waals surface area contributed by atoms with Crippen LogP contribution in [0.1, 0.15) is 35.2 Å². The minimum atomic E-state index is 0.00860. The highest BCUT2D eigenvalue weighted by atomic mass is 16.5. The fourth-order valence-electron chi connectivity index (χ4n) is 3.67. The van der Waals surface area contributed by atoms with Crippen molar-refractivity contribution < 1.29 is 14.3 Å². The lowest BCUT2D eigenvalue weighted by atomic mass is 9.87. The van der Waals surface area contributed by atoms with E-state index in [1.807, 2.05) is 25.1 Å². The Balaban J connectivity index is 1.62. The number of Topliss-reactive ketones (excluding diaryl/α,β-unsaturated/α-hetero) is 1. The Morgan fingerprint density at radius 3 is 2.57 bits per heavy atom. The highest BCUT2D eigenvalue weighted by Gasteiger charge is 2.34. The maximum Gasteiger partial charge on any atom is 0.237 e. The molecule has 0 aliphatic carbocycles. The van der Waals surface area contributed by atoms with Gasteiger partial charge in [-0.3, -0.25) is 14.5 Å². The number of rotatable bonds is 4. The van der Waals surface area contributed by atoms with Gasteiger partial charge in [0, 0.05) is 18.0 Å². The van der Waals surface area contributed by atoms with Gasteiger partial charge in [-0.15, -0.1) is 0 Å². The van der Waals surface area contributed by atoms with E-state index >= 15 is 0 Å². The number of piperidine rings is 1. The highest BCUT2D eigenvalue weighted by Crippen LogP contribution is 2.26. The molecule has 0 radical (unpaired) electrons. The first-order chi connectivity index (χ1) is 11.1. The normalized spacial score (nSPS) is 22.9. The average molecular weight is 316 g/mol. The van der Waals surface area contributed by atoms with Crippen LogP contribution >= 0.6 is 0 Å². The van der Waals surface area contributed by atoms with Gasteiger partial charge in [0.2, 0.25) is 5.91 Å². The second-order valence-electron chi connectivity index (χ2n) is 6.45. The topological polar surface area (TPSA) is 58.6 Å². The Hall–Kier alpha value is -1.88. The van der Waals surface area contributed by atoms with E-state index in [-0.39, 0.29) is 23.7 Å². The summed E-state index contributed by atoms with van der Waals surface area (Å²) >= 11 is 0. The molecule has 0 unspecified atom stereocenters. The highest BCUT2D eigenvalue weighted by molar-refractivity contribution is 5.98. The van der Waals surface area contributed by atoms with Gasteiger partial charge in [-0.25, -0.2) is 0 Å². The number of hydrogen-bond acceptors (Lipinski definition) is 4. The summed E-state index contributed by atoms with van der Waals surface area (Å²) in [5.41, 5.74) is 1.75. The molecule has 1 atom stereocenters. The number of carbonyl (C=O) groups is 2. The van der Waals surface area contributed by atoms with Gasteiger partial charge in [0.05, 0.1) is 13.2 Å². The minimum Gasteiger partial charge on any atom is -0.496 e. The number of benzene rings is 1. The van der Waals surface area contributed by atoms with Gasteiger partial charge in [0.1, 0.15) is 5.75 Å². The average Bonchev–Trinajstić information content (AvgIpc) is 3.00. The first-order valence-electron chi connectivity index (χ1n) is 8.30. The molecule has 2 aliphatic heterocycles. The number of nitrogens with one attached hydrogen (secondary N) is 1. The summed E-state index contributed by atoms with van der Waals surface area (Å²) < 4.78 is 5.25. The molecule has 2 saturated heterocycles. The summed E-state index contributed by atoms with van der Waals surface area (Å²) in [7, 11) is 1.64. The molecule has 124 valence electrons. The standard InChI is InChI=1S/C18H24N2O3/c1-12-11-14(3-4-16(12)23-2)17(21)13-6-9-20(10-7-13)15-5-8-19-18(15)22/h3-4,11,13,15H,5-10H2,1-2H3,(H,19,22)/t15-/m1/s1. The number of methoxy groups -OCH3 is 1. The van der Waals surface area contributed by atoms with Gasteiger partial charge in [-0.1, -0.05) is 0 Å². The number of nitrogens with zero attached hydrogens (tertiary/aromatic N) is 1. The summed E-state index contributed by atoms with van der Waals surface area (Å²) in [6, 6.07) is 5.64. The molecule has 0 spiro atoms. The van der Waals surface area contributed by atoms with Crippen LogP contribution in [0.25, 0.3) is 0 Å². The fourth-order valence-corrected chi connectivity index (χ4v) is 3.67. The van der Waals surface area contributed by atoms with E-state index in [4.69, 9.17) is 4.74 Å². The van der Waals surface area contributed by atoms with Crippen molar-refractivity contribution in [3.63, 3.8) is 0 Å². The van der Waals surface area contributed by atoms with Gasteiger partial charge < -0.3 is 10.1 Å². The summed E-state index contributed by atoms with van der Waals surface area (Å²) in [5, 5.41) is 2.88. The monoisotopic (exact) mass is 316 g/mol. The zero-order valence-corrected chi connectivity index (χ0v) is 13.8. The van der Waals surface area contributed by atoms with Gasteiger partial charge in [0.15, 0.2) is 5.78 Å². The van der Waals surface area contributed by atoms with Crippen LogP contribution in [0.3, 0.4) is 0 Å². The van der Waals surface area contributed by atoms with Crippen molar-refractivity contribution >= 4 is 11.7 Å². The van der Waals surface area contributed by atoms with Crippen molar-refractivity contribution in [1.29, 1.82) is 0 Å². The SMILES string of the molecule is COc1ccc(C(=O)C2CCN([C@@H]3CCNC3=O)CC2)cc1C. The van der Waals surface area contributed by atoms with Gasteiger partial charge in [-0.05, 0) is 63.0 Å². The third-order valence-electron chi connectivity index (χ3n) is 5.04. The van der Waals surface area contributed by atoms with E-state index in [2.05, 4.69) is 10.2 Å². The van der Waals surface area contributed by atoms with Crippen LogP contribution in [0.5, 0.6) is 5.75 Å². The second kappa shape index (κ2) is 6.71. The maximum atomic E-state index is 12.7. The zero-order valence-electron chi connectivity index (χ0n) is 13.8. The molecular formula is C18H24N2O3. The van der Waals surface area contributed by atoms with E-state index < -0.39 is 0 Å².